The molecule has 1 rings (SSSR count). The van der Waals surface area contributed by atoms with Gasteiger partial charge in [-0.15, -0.1) is 0 Å². The lowest BCUT2D eigenvalue weighted by Gasteiger charge is -2.45. The lowest BCUT2D eigenvalue weighted by Crippen LogP contribution is -2.64. The number of hydrogen-bond donors (Lipinski definition) is 3. The fourth-order valence-electron chi connectivity index (χ4n) is 2.78. The van der Waals surface area contributed by atoms with E-state index in [9.17, 15) is 28.8 Å². The van der Waals surface area contributed by atoms with Crippen LogP contribution in [-0.4, -0.2) is 75.9 Å². The van der Waals surface area contributed by atoms with E-state index in [4.69, 9.17) is 28.7 Å². The van der Waals surface area contributed by atoms with E-state index in [1.165, 1.54) is 6.92 Å². The van der Waals surface area contributed by atoms with Gasteiger partial charge in [-0.1, -0.05) is 0 Å². The molecule has 1 aliphatic heterocycles. The molecule has 1 aliphatic rings. The Morgan fingerprint density at radius 3 is 1.79 bits per heavy atom. The van der Waals surface area contributed by atoms with E-state index in [1.807, 2.05) is 0 Å². The van der Waals surface area contributed by atoms with Gasteiger partial charge in [-0.25, -0.2) is 4.57 Å². The molecule has 0 amide bonds. The zero-order valence-electron chi connectivity index (χ0n) is 16.0. The van der Waals surface area contributed by atoms with E-state index in [-0.39, 0.29) is 0 Å². The van der Waals surface area contributed by atoms with Crippen LogP contribution in [-0.2, 0) is 47.2 Å². The maximum atomic E-state index is 11.6. The van der Waals surface area contributed by atoms with Crippen LogP contribution in [0.4, 0.5) is 0 Å². The van der Waals surface area contributed by atoms with Crippen molar-refractivity contribution in [2.45, 2.75) is 58.2 Å². The van der Waals surface area contributed by atoms with Crippen molar-refractivity contribution in [2.75, 3.05) is 6.61 Å². The maximum Gasteiger partial charge on any atom is 0.469 e. The van der Waals surface area contributed by atoms with Gasteiger partial charge < -0.3 is 33.8 Å². The molecule has 0 bridgehead atoms. The summed E-state index contributed by atoms with van der Waals surface area (Å²) < 4.78 is 36.3. The van der Waals surface area contributed by atoms with Gasteiger partial charge in [0, 0.05) is 20.8 Å². The molecule has 0 spiro atoms. The molecule has 13 nitrogen and oxygen atoms in total. The summed E-state index contributed by atoms with van der Waals surface area (Å²) in [4.78, 5) is 64.0. The first kappa shape index (κ1) is 25.0. The quantitative estimate of drug-likeness (QED) is 0.245. The van der Waals surface area contributed by atoms with Gasteiger partial charge in [0.25, 0.3) is 0 Å². The van der Waals surface area contributed by atoms with Gasteiger partial charge in [-0.2, -0.15) is 0 Å². The molecule has 0 aromatic carbocycles. The van der Waals surface area contributed by atoms with Gasteiger partial charge in [-0.05, 0) is 6.92 Å². The summed E-state index contributed by atoms with van der Waals surface area (Å²) >= 11 is 0. The third-order valence-electron chi connectivity index (χ3n) is 3.87. The number of esters is 3. The Morgan fingerprint density at radius 1 is 0.931 bits per heavy atom. The molecule has 6 unspecified atom stereocenters. The third-order valence-corrected chi connectivity index (χ3v) is 4.35. The average Bonchev–Trinajstić information content (AvgIpc) is 2.54. The predicted molar refractivity (Wildman–Crippen MR) is 90.1 cm³/mol. The molecule has 14 heteroatoms. The summed E-state index contributed by atoms with van der Waals surface area (Å²) in [5.41, 5.74) is 0. The lowest BCUT2D eigenvalue weighted by atomic mass is 9.88. The van der Waals surface area contributed by atoms with Crippen molar-refractivity contribution >= 4 is 31.7 Å². The van der Waals surface area contributed by atoms with Crippen LogP contribution in [0, 0.1) is 5.92 Å². The van der Waals surface area contributed by atoms with Gasteiger partial charge in [-0.3, -0.25) is 23.7 Å². The molecule has 166 valence electrons. The number of carbonyl (C=O) groups is 4. The van der Waals surface area contributed by atoms with Crippen molar-refractivity contribution < 1.29 is 62.1 Å². The van der Waals surface area contributed by atoms with E-state index in [1.54, 1.807) is 0 Å². The van der Waals surface area contributed by atoms with Crippen LogP contribution >= 0.6 is 7.82 Å². The molecule has 0 radical (unpaired) electrons. The Kier molecular flexibility index (Phi) is 8.72. The highest BCUT2D eigenvalue weighted by Crippen LogP contribution is 2.38. The number of aliphatic carboxylic acids is 1. The van der Waals surface area contributed by atoms with Crippen molar-refractivity contribution in [3.05, 3.63) is 0 Å². The van der Waals surface area contributed by atoms with Gasteiger partial charge in [0.15, 0.2) is 18.3 Å². The summed E-state index contributed by atoms with van der Waals surface area (Å²) in [5, 5.41) is 9.34. The normalized spacial score (nSPS) is 28.1. The molecule has 6 atom stereocenters. The van der Waals surface area contributed by atoms with Crippen LogP contribution in [0.15, 0.2) is 0 Å². The smallest absolute Gasteiger partial charge is 0.469 e. The minimum absolute atomic E-state index is 0.838. The van der Waals surface area contributed by atoms with E-state index >= 15 is 0 Å². The Balaban J connectivity index is 3.41. The number of hydrogen-bond acceptors (Lipinski definition) is 10. The number of rotatable bonds is 8. The summed E-state index contributed by atoms with van der Waals surface area (Å²) in [6.07, 6.45) is -7.39. The summed E-state index contributed by atoms with van der Waals surface area (Å²) in [6, 6.07) is 0. The van der Waals surface area contributed by atoms with Gasteiger partial charge in [0.05, 0.1) is 12.5 Å². The second kappa shape index (κ2) is 10.1. The summed E-state index contributed by atoms with van der Waals surface area (Å²) in [6.45, 7) is 3.44. The van der Waals surface area contributed by atoms with E-state index in [0.717, 1.165) is 20.8 Å². The molecule has 1 fully saturated rings. The minimum Gasteiger partial charge on any atom is -0.481 e. The summed E-state index contributed by atoms with van der Waals surface area (Å²) in [7, 11) is -4.97. The van der Waals surface area contributed by atoms with Crippen molar-refractivity contribution in [1.82, 2.24) is 0 Å². The minimum atomic E-state index is -4.97. The van der Waals surface area contributed by atoms with Crippen LogP contribution in [0.3, 0.4) is 0 Å². The second-order valence-corrected chi connectivity index (χ2v) is 7.51. The van der Waals surface area contributed by atoms with Crippen LogP contribution in [0.25, 0.3) is 0 Å². The highest BCUT2D eigenvalue weighted by molar-refractivity contribution is 7.46. The van der Waals surface area contributed by atoms with Crippen molar-refractivity contribution in [2.24, 2.45) is 5.92 Å². The first-order chi connectivity index (χ1) is 13.2. The molecular weight excluding hydrogens is 419 g/mol. The number of phosphoric acid groups is 1. The van der Waals surface area contributed by atoms with Crippen LogP contribution < -0.4 is 0 Å². The van der Waals surface area contributed by atoms with Crippen LogP contribution in [0.1, 0.15) is 27.7 Å². The Morgan fingerprint density at radius 2 is 1.38 bits per heavy atom. The first-order valence-electron chi connectivity index (χ1n) is 8.33. The van der Waals surface area contributed by atoms with Crippen molar-refractivity contribution in [3.8, 4) is 0 Å². The number of carboxylic acids is 1. The van der Waals surface area contributed by atoms with E-state index in [0.29, 0.717) is 0 Å². The molecule has 0 aliphatic carbocycles. The summed E-state index contributed by atoms with van der Waals surface area (Å²) in [5.74, 6) is -5.27. The number of phosphoric ester groups is 1. The second-order valence-electron chi connectivity index (χ2n) is 6.27. The number of carboxylic acid groups (broad SMARTS) is 1. The zero-order chi connectivity index (χ0) is 22.5. The molecule has 3 N–H and O–H groups in total. The largest absolute Gasteiger partial charge is 0.481 e. The lowest BCUT2D eigenvalue weighted by molar-refractivity contribution is -0.258. The van der Waals surface area contributed by atoms with E-state index < -0.39 is 74.7 Å². The Bertz CT molecular complexity index is 686. The molecular formula is C15H23O13P. The zero-order valence-corrected chi connectivity index (χ0v) is 16.9. The van der Waals surface area contributed by atoms with Crippen LogP contribution in [0.2, 0.25) is 0 Å². The SMILES string of the molecule is CC(=O)OC1C(COP(=O)(O)O)OC(C(C)C(=O)O)C(OC(C)=O)C1OC(C)=O. The predicted octanol–water partition coefficient (Wildman–Crippen LogP) is -0.621. The van der Waals surface area contributed by atoms with Gasteiger partial charge in [0.2, 0.25) is 0 Å². The molecule has 29 heavy (non-hydrogen) atoms. The molecule has 0 saturated carbocycles. The van der Waals surface area contributed by atoms with E-state index in [2.05, 4.69) is 4.52 Å². The van der Waals surface area contributed by atoms with Crippen molar-refractivity contribution in [1.29, 1.82) is 0 Å². The highest BCUT2D eigenvalue weighted by Gasteiger charge is 2.54. The molecule has 0 aromatic rings. The standard InChI is InChI=1S/C15H23O13P/c1-6(15(19)20)11-13(26-8(3)17)14(27-9(4)18)12(25-7(2)16)10(28-11)5-24-29(21,22)23/h6,10-14H,5H2,1-4H3,(H,19,20)(H2,21,22,23). The number of ether oxygens (including phenoxy) is 4. The maximum absolute atomic E-state index is 11.6. The highest BCUT2D eigenvalue weighted by atomic mass is 31.2. The first-order valence-corrected chi connectivity index (χ1v) is 9.86. The molecule has 1 heterocycles. The fourth-order valence-corrected chi connectivity index (χ4v) is 3.12. The van der Waals surface area contributed by atoms with Crippen LogP contribution in [0.5, 0.6) is 0 Å². The molecule has 0 aromatic heterocycles. The average molecular weight is 442 g/mol. The third kappa shape index (κ3) is 7.71. The van der Waals surface area contributed by atoms with Gasteiger partial charge >= 0.3 is 31.7 Å². The number of carbonyl (C=O) groups excluding carboxylic acids is 3. The Hall–Kier alpha value is -2.05. The monoisotopic (exact) mass is 442 g/mol. The van der Waals surface area contributed by atoms with Gasteiger partial charge in [0.1, 0.15) is 12.2 Å². The topological polar surface area (TPSA) is 192 Å². The Labute approximate surface area is 165 Å². The van der Waals surface area contributed by atoms with Crippen molar-refractivity contribution in [3.63, 3.8) is 0 Å². The fraction of sp³-hybridized carbons (Fsp3) is 0.733. The molecule has 1 saturated heterocycles.